The molecule has 1 aromatic heterocycles. The van der Waals surface area contributed by atoms with Gasteiger partial charge in [0.05, 0.1) is 30.7 Å². The highest BCUT2D eigenvalue weighted by Gasteiger charge is 2.55. The van der Waals surface area contributed by atoms with Crippen molar-refractivity contribution in [2.45, 2.75) is 32.0 Å². The van der Waals surface area contributed by atoms with E-state index in [2.05, 4.69) is 5.32 Å². The van der Waals surface area contributed by atoms with E-state index in [1.807, 2.05) is 60.0 Å². The fourth-order valence-electron chi connectivity index (χ4n) is 5.06. The van der Waals surface area contributed by atoms with Crippen LogP contribution in [0.2, 0.25) is 0 Å². The first-order valence-electron chi connectivity index (χ1n) is 11.6. The topological polar surface area (TPSA) is 102 Å². The maximum absolute atomic E-state index is 13.2. The standard InChI is InChI=1S/C27H25NO6S/c1-2-33-27(32)21-18(17-10-8-16(9-11-17)15-6-4-3-5-7-15)14-35-25(21)28-24(29)22-19-12-13-20(34-19)23(22)26(30)31/h3-11,14,19-20,22-23H,2,12-13H2,1H3,(H,28,29)(H,30,31)/t19-,20-,22-,23-/m0/s1. The Bertz CT molecular complexity index is 1250. The summed E-state index contributed by atoms with van der Waals surface area (Å²) in [7, 11) is 0. The van der Waals surface area contributed by atoms with Crippen LogP contribution in [0.4, 0.5) is 5.00 Å². The SMILES string of the molecule is CCOC(=O)c1c(-c2ccc(-c3ccccc3)cc2)csc1NC(=O)[C@@H]1[C@@H](C(=O)O)[C@@H]2CC[C@@H]1O2. The van der Waals surface area contributed by atoms with E-state index >= 15 is 0 Å². The number of carboxylic acid groups (broad SMARTS) is 1. The minimum atomic E-state index is -1.03. The molecule has 1 amide bonds. The van der Waals surface area contributed by atoms with Crippen molar-refractivity contribution >= 4 is 34.2 Å². The Labute approximate surface area is 206 Å². The van der Waals surface area contributed by atoms with Gasteiger partial charge in [0, 0.05) is 10.9 Å². The Kier molecular flexibility index (Phi) is 6.40. The molecular weight excluding hydrogens is 466 g/mol. The highest BCUT2D eigenvalue weighted by Crippen LogP contribution is 2.45. The van der Waals surface area contributed by atoms with Crippen LogP contribution in [0.5, 0.6) is 0 Å². The second kappa shape index (κ2) is 9.64. The molecule has 0 spiro atoms. The molecule has 2 bridgehead atoms. The maximum Gasteiger partial charge on any atom is 0.341 e. The monoisotopic (exact) mass is 491 g/mol. The van der Waals surface area contributed by atoms with E-state index < -0.39 is 41.9 Å². The molecule has 2 aliphatic heterocycles. The summed E-state index contributed by atoms with van der Waals surface area (Å²) in [6.45, 7) is 1.91. The Morgan fingerprint density at radius 3 is 2.26 bits per heavy atom. The summed E-state index contributed by atoms with van der Waals surface area (Å²) in [4.78, 5) is 37.9. The van der Waals surface area contributed by atoms with Crippen LogP contribution in [-0.2, 0) is 19.1 Å². The van der Waals surface area contributed by atoms with Crippen molar-refractivity contribution in [3.8, 4) is 22.3 Å². The summed E-state index contributed by atoms with van der Waals surface area (Å²) in [5, 5.41) is 14.6. The van der Waals surface area contributed by atoms with Crippen LogP contribution in [0.3, 0.4) is 0 Å². The van der Waals surface area contributed by atoms with Crippen molar-refractivity contribution in [2.24, 2.45) is 11.8 Å². The van der Waals surface area contributed by atoms with Crippen LogP contribution in [-0.4, -0.2) is 41.8 Å². The number of carboxylic acids is 1. The third-order valence-electron chi connectivity index (χ3n) is 6.67. The molecule has 8 heteroatoms. The fraction of sp³-hybridized carbons (Fsp3) is 0.296. The molecule has 5 rings (SSSR count). The molecule has 3 heterocycles. The molecule has 4 atom stereocenters. The number of anilines is 1. The molecule has 0 aliphatic carbocycles. The number of aliphatic carboxylic acids is 1. The van der Waals surface area contributed by atoms with Gasteiger partial charge in [0.2, 0.25) is 5.91 Å². The normalized spacial score (nSPS) is 22.7. The number of benzene rings is 2. The average molecular weight is 492 g/mol. The number of nitrogens with one attached hydrogen (secondary N) is 1. The van der Waals surface area contributed by atoms with Gasteiger partial charge in [-0.05, 0) is 36.5 Å². The Balaban J connectivity index is 1.44. The predicted octanol–water partition coefficient (Wildman–Crippen LogP) is 5.08. The molecule has 180 valence electrons. The van der Waals surface area contributed by atoms with Gasteiger partial charge in [-0.3, -0.25) is 9.59 Å². The molecule has 35 heavy (non-hydrogen) atoms. The highest BCUT2D eigenvalue weighted by molar-refractivity contribution is 7.15. The number of thiophene rings is 1. The molecule has 2 N–H and O–H groups in total. The maximum atomic E-state index is 13.2. The first-order valence-corrected chi connectivity index (χ1v) is 12.5. The van der Waals surface area contributed by atoms with Gasteiger partial charge in [0.25, 0.3) is 0 Å². The quantitative estimate of drug-likeness (QED) is 0.447. The van der Waals surface area contributed by atoms with Gasteiger partial charge in [-0.2, -0.15) is 0 Å². The molecule has 2 fully saturated rings. The Morgan fingerprint density at radius 2 is 1.60 bits per heavy atom. The second-order valence-electron chi connectivity index (χ2n) is 8.69. The van der Waals surface area contributed by atoms with E-state index in [9.17, 15) is 19.5 Å². The second-order valence-corrected chi connectivity index (χ2v) is 9.57. The number of carbonyl (C=O) groups is 3. The lowest BCUT2D eigenvalue weighted by molar-refractivity contribution is -0.147. The van der Waals surface area contributed by atoms with Crippen molar-refractivity contribution in [1.29, 1.82) is 0 Å². The van der Waals surface area contributed by atoms with Crippen LogP contribution < -0.4 is 5.32 Å². The third kappa shape index (κ3) is 4.35. The van der Waals surface area contributed by atoms with E-state index in [1.54, 1.807) is 6.92 Å². The molecule has 0 unspecified atom stereocenters. The smallest absolute Gasteiger partial charge is 0.341 e. The largest absolute Gasteiger partial charge is 0.481 e. The number of rotatable bonds is 7. The van der Waals surface area contributed by atoms with Gasteiger partial charge in [-0.1, -0.05) is 54.6 Å². The zero-order chi connectivity index (χ0) is 24.5. The van der Waals surface area contributed by atoms with Crippen molar-refractivity contribution in [3.63, 3.8) is 0 Å². The molecule has 0 saturated carbocycles. The summed E-state index contributed by atoms with van der Waals surface area (Å²) in [6.07, 6.45) is 0.430. The van der Waals surface area contributed by atoms with Gasteiger partial charge in [-0.15, -0.1) is 11.3 Å². The third-order valence-corrected chi connectivity index (χ3v) is 7.57. The van der Waals surface area contributed by atoms with Crippen molar-refractivity contribution < 1.29 is 29.0 Å². The van der Waals surface area contributed by atoms with Crippen LogP contribution in [0, 0.1) is 11.8 Å². The van der Waals surface area contributed by atoms with Crippen LogP contribution in [0.1, 0.15) is 30.1 Å². The number of hydrogen-bond acceptors (Lipinski definition) is 6. The van der Waals surface area contributed by atoms with Crippen molar-refractivity contribution in [2.75, 3.05) is 11.9 Å². The fourth-order valence-corrected chi connectivity index (χ4v) is 6.02. The molecule has 0 radical (unpaired) electrons. The van der Waals surface area contributed by atoms with Crippen LogP contribution in [0.15, 0.2) is 60.0 Å². The Hall–Kier alpha value is -3.49. The van der Waals surface area contributed by atoms with E-state index in [4.69, 9.17) is 9.47 Å². The summed E-state index contributed by atoms with van der Waals surface area (Å²) >= 11 is 1.22. The minimum absolute atomic E-state index is 0.190. The number of fused-ring (bicyclic) bond motifs is 2. The van der Waals surface area contributed by atoms with Gasteiger partial charge in [0.15, 0.2) is 0 Å². The lowest BCUT2D eigenvalue weighted by Crippen LogP contribution is -2.41. The molecule has 3 aromatic rings. The zero-order valence-corrected chi connectivity index (χ0v) is 19.9. The summed E-state index contributed by atoms with van der Waals surface area (Å²) in [5.74, 6) is -3.69. The number of hydrogen-bond donors (Lipinski definition) is 2. The molecule has 2 aliphatic rings. The van der Waals surface area contributed by atoms with Gasteiger partial charge >= 0.3 is 11.9 Å². The van der Waals surface area contributed by atoms with E-state index in [1.165, 1.54) is 11.3 Å². The molecular formula is C27H25NO6S. The summed E-state index contributed by atoms with van der Waals surface area (Å²) in [6, 6.07) is 17.8. The summed E-state index contributed by atoms with van der Waals surface area (Å²) in [5.41, 5.74) is 3.88. The zero-order valence-electron chi connectivity index (χ0n) is 19.1. The molecule has 7 nitrogen and oxygen atoms in total. The van der Waals surface area contributed by atoms with E-state index in [-0.39, 0.29) is 12.2 Å². The van der Waals surface area contributed by atoms with Gasteiger partial charge in [-0.25, -0.2) is 4.79 Å². The van der Waals surface area contributed by atoms with Crippen LogP contribution >= 0.6 is 11.3 Å². The lowest BCUT2D eigenvalue weighted by Gasteiger charge is -2.23. The van der Waals surface area contributed by atoms with E-state index in [0.717, 1.165) is 16.7 Å². The first kappa shape index (κ1) is 23.3. The lowest BCUT2D eigenvalue weighted by atomic mass is 9.79. The Morgan fingerprint density at radius 1 is 0.971 bits per heavy atom. The number of amides is 1. The molecule has 2 saturated heterocycles. The van der Waals surface area contributed by atoms with E-state index in [0.29, 0.717) is 23.4 Å². The van der Waals surface area contributed by atoms with Gasteiger partial charge in [0.1, 0.15) is 10.6 Å². The minimum Gasteiger partial charge on any atom is -0.481 e. The average Bonchev–Trinajstić information content (AvgIpc) is 3.59. The van der Waals surface area contributed by atoms with Crippen molar-refractivity contribution in [1.82, 2.24) is 0 Å². The highest BCUT2D eigenvalue weighted by atomic mass is 32.1. The first-order chi connectivity index (χ1) is 17.0. The number of ether oxygens (including phenoxy) is 2. The van der Waals surface area contributed by atoms with Crippen molar-refractivity contribution in [3.05, 3.63) is 65.5 Å². The van der Waals surface area contributed by atoms with Gasteiger partial charge < -0.3 is 19.9 Å². The number of carbonyl (C=O) groups excluding carboxylic acids is 2. The number of esters is 1. The predicted molar refractivity (Wildman–Crippen MR) is 132 cm³/mol. The van der Waals surface area contributed by atoms with Crippen LogP contribution in [0.25, 0.3) is 22.3 Å². The summed E-state index contributed by atoms with van der Waals surface area (Å²) < 4.78 is 11.0. The molecule has 2 aromatic carbocycles.